The van der Waals surface area contributed by atoms with Gasteiger partial charge in [-0.15, -0.1) is 0 Å². The number of aliphatic hydroxyl groups excluding tert-OH is 1. The van der Waals surface area contributed by atoms with Gasteiger partial charge in [-0.1, -0.05) is 48.5 Å². The first-order valence-electron chi connectivity index (χ1n) is 10.3. The van der Waals surface area contributed by atoms with Crippen LogP contribution in [0.4, 0.5) is 10.1 Å². The molecule has 1 aliphatic rings. The molecule has 0 radical (unpaired) electrons. The summed E-state index contributed by atoms with van der Waals surface area (Å²) >= 11 is 0. The van der Waals surface area contributed by atoms with Crippen LogP contribution in [0.25, 0.3) is 16.5 Å². The Morgan fingerprint density at radius 2 is 1.48 bits per heavy atom. The number of phenolic OH excluding ortho intramolecular Hbond substituents is 1. The molecular weight excluding hydrogens is 421 g/mol. The third-order valence-corrected chi connectivity index (χ3v) is 5.78. The Bertz CT molecular complexity index is 1420. The van der Waals surface area contributed by atoms with Gasteiger partial charge in [0.2, 0.25) is 0 Å². The standard InChI is InChI=1S/C27H18FNO4/c28-20-9-11-21(12-10-20)29-24(17-7-13-22(30)14-8-17)23(26(32)27(29)33)25(31)19-6-5-16-3-1-2-4-18(16)15-19/h1-15,24,30-31H/b25-23-. The van der Waals surface area contributed by atoms with Gasteiger partial charge in [0.1, 0.15) is 17.3 Å². The number of Topliss-reactive ketones (excluding diaryl/α,β-unsaturated/α-hetero) is 1. The van der Waals surface area contributed by atoms with E-state index in [0.717, 1.165) is 10.8 Å². The number of anilines is 1. The Labute approximate surface area is 188 Å². The number of rotatable bonds is 3. The zero-order valence-electron chi connectivity index (χ0n) is 17.3. The largest absolute Gasteiger partial charge is 0.508 e. The van der Waals surface area contributed by atoms with E-state index in [1.165, 1.54) is 41.3 Å². The molecule has 1 amide bonds. The average molecular weight is 439 g/mol. The fraction of sp³-hybridized carbons (Fsp3) is 0.0370. The number of fused-ring (bicyclic) bond motifs is 1. The highest BCUT2D eigenvalue weighted by Crippen LogP contribution is 2.42. The summed E-state index contributed by atoms with van der Waals surface area (Å²) in [4.78, 5) is 27.5. The molecule has 0 aromatic heterocycles. The summed E-state index contributed by atoms with van der Waals surface area (Å²) < 4.78 is 13.5. The van der Waals surface area contributed by atoms with Gasteiger partial charge in [-0.05, 0) is 58.8 Å². The van der Waals surface area contributed by atoms with Crippen LogP contribution in [-0.2, 0) is 9.59 Å². The molecule has 0 bridgehead atoms. The second-order valence-electron chi connectivity index (χ2n) is 7.80. The monoisotopic (exact) mass is 439 g/mol. The zero-order chi connectivity index (χ0) is 23.1. The molecule has 0 saturated carbocycles. The molecule has 4 aromatic carbocycles. The summed E-state index contributed by atoms with van der Waals surface area (Å²) in [5, 5.41) is 22.8. The van der Waals surface area contributed by atoms with Crippen molar-refractivity contribution in [3.05, 3.63) is 114 Å². The molecule has 33 heavy (non-hydrogen) atoms. The fourth-order valence-corrected chi connectivity index (χ4v) is 4.16. The highest BCUT2D eigenvalue weighted by Gasteiger charge is 2.47. The first-order chi connectivity index (χ1) is 15.9. The molecule has 2 N–H and O–H groups in total. The molecule has 0 aliphatic carbocycles. The van der Waals surface area contributed by atoms with Gasteiger partial charge in [0.25, 0.3) is 11.7 Å². The maximum absolute atomic E-state index is 13.5. The first kappa shape index (κ1) is 20.5. The van der Waals surface area contributed by atoms with E-state index in [-0.39, 0.29) is 17.1 Å². The van der Waals surface area contributed by atoms with Crippen molar-refractivity contribution in [1.82, 2.24) is 0 Å². The summed E-state index contributed by atoms with van der Waals surface area (Å²) in [6.45, 7) is 0. The number of benzene rings is 4. The Morgan fingerprint density at radius 1 is 0.818 bits per heavy atom. The molecule has 1 fully saturated rings. The SMILES string of the molecule is O=C1C(=O)N(c2ccc(F)cc2)C(c2ccc(O)cc2)/C1=C(/O)c1ccc2ccccc2c1. The number of carbonyl (C=O) groups excluding carboxylic acids is 2. The highest BCUT2D eigenvalue weighted by molar-refractivity contribution is 6.51. The second-order valence-corrected chi connectivity index (χ2v) is 7.80. The van der Waals surface area contributed by atoms with E-state index in [4.69, 9.17) is 0 Å². The van der Waals surface area contributed by atoms with Gasteiger partial charge in [-0.2, -0.15) is 0 Å². The number of ketones is 1. The molecule has 1 heterocycles. The molecule has 1 aliphatic heterocycles. The van der Waals surface area contributed by atoms with Crippen molar-refractivity contribution >= 4 is 33.9 Å². The fourth-order valence-electron chi connectivity index (χ4n) is 4.16. The van der Waals surface area contributed by atoms with E-state index in [1.807, 2.05) is 30.3 Å². The third-order valence-electron chi connectivity index (χ3n) is 5.78. The number of amides is 1. The molecule has 5 nitrogen and oxygen atoms in total. The minimum absolute atomic E-state index is 0.0204. The van der Waals surface area contributed by atoms with Gasteiger partial charge in [0.05, 0.1) is 11.6 Å². The van der Waals surface area contributed by atoms with Gasteiger partial charge in [0.15, 0.2) is 0 Å². The summed E-state index contributed by atoms with van der Waals surface area (Å²) in [6.07, 6.45) is 0. The topological polar surface area (TPSA) is 77.8 Å². The highest BCUT2D eigenvalue weighted by atomic mass is 19.1. The maximum Gasteiger partial charge on any atom is 0.300 e. The Hall–Kier alpha value is -4.45. The minimum Gasteiger partial charge on any atom is -0.508 e. The Kier molecular flexibility index (Phi) is 4.90. The van der Waals surface area contributed by atoms with E-state index in [1.54, 1.807) is 24.3 Å². The van der Waals surface area contributed by atoms with Crippen molar-refractivity contribution in [2.24, 2.45) is 0 Å². The second kappa shape index (κ2) is 7.91. The maximum atomic E-state index is 13.5. The van der Waals surface area contributed by atoms with Gasteiger partial charge in [0, 0.05) is 11.3 Å². The van der Waals surface area contributed by atoms with Crippen LogP contribution < -0.4 is 4.90 Å². The number of nitrogens with zero attached hydrogens (tertiary/aromatic N) is 1. The zero-order valence-corrected chi connectivity index (χ0v) is 17.3. The van der Waals surface area contributed by atoms with Crippen LogP contribution in [0.15, 0.2) is 96.6 Å². The number of hydrogen-bond acceptors (Lipinski definition) is 4. The number of aromatic hydroxyl groups is 1. The Morgan fingerprint density at radius 3 is 2.18 bits per heavy atom. The number of aliphatic hydroxyl groups is 1. The van der Waals surface area contributed by atoms with Crippen LogP contribution in [0.3, 0.4) is 0 Å². The Balaban J connectivity index is 1.72. The van der Waals surface area contributed by atoms with Crippen molar-refractivity contribution in [1.29, 1.82) is 0 Å². The third kappa shape index (κ3) is 3.51. The average Bonchev–Trinajstić information content (AvgIpc) is 3.10. The van der Waals surface area contributed by atoms with E-state index < -0.39 is 23.5 Å². The van der Waals surface area contributed by atoms with E-state index in [9.17, 15) is 24.2 Å². The summed E-state index contributed by atoms with van der Waals surface area (Å²) in [6, 6.07) is 23.2. The van der Waals surface area contributed by atoms with Gasteiger partial charge >= 0.3 is 0 Å². The van der Waals surface area contributed by atoms with Crippen molar-refractivity contribution in [2.45, 2.75) is 6.04 Å². The number of carbonyl (C=O) groups is 2. The quantitative estimate of drug-likeness (QED) is 0.258. The normalized spacial score (nSPS) is 17.6. The summed E-state index contributed by atoms with van der Waals surface area (Å²) in [5.41, 5.74) is 1.15. The lowest BCUT2D eigenvalue weighted by molar-refractivity contribution is -0.132. The van der Waals surface area contributed by atoms with Crippen molar-refractivity contribution in [2.75, 3.05) is 4.90 Å². The van der Waals surface area contributed by atoms with E-state index in [2.05, 4.69) is 0 Å². The van der Waals surface area contributed by atoms with Gasteiger partial charge < -0.3 is 10.2 Å². The number of halogens is 1. The smallest absolute Gasteiger partial charge is 0.300 e. The van der Waals surface area contributed by atoms with E-state index in [0.29, 0.717) is 16.8 Å². The van der Waals surface area contributed by atoms with Crippen molar-refractivity contribution in [3.8, 4) is 5.75 Å². The lowest BCUT2D eigenvalue weighted by Crippen LogP contribution is -2.29. The van der Waals surface area contributed by atoms with Crippen LogP contribution in [0.5, 0.6) is 5.75 Å². The molecule has 1 atom stereocenters. The van der Waals surface area contributed by atoms with Crippen molar-refractivity contribution in [3.63, 3.8) is 0 Å². The molecule has 1 unspecified atom stereocenters. The van der Waals surface area contributed by atoms with Gasteiger partial charge in [-0.3, -0.25) is 14.5 Å². The van der Waals surface area contributed by atoms with Gasteiger partial charge in [-0.25, -0.2) is 4.39 Å². The molecule has 6 heteroatoms. The van der Waals surface area contributed by atoms with Crippen LogP contribution >= 0.6 is 0 Å². The summed E-state index contributed by atoms with van der Waals surface area (Å²) in [7, 11) is 0. The summed E-state index contributed by atoms with van der Waals surface area (Å²) in [5.74, 6) is -2.44. The predicted octanol–water partition coefficient (Wildman–Crippen LogP) is 5.31. The number of hydrogen-bond donors (Lipinski definition) is 2. The minimum atomic E-state index is -0.956. The van der Waals surface area contributed by atoms with Crippen LogP contribution in [0.2, 0.25) is 0 Å². The van der Waals surface area contributed by atoms with Crippen LogP contribution in [0.1, 0.15) is 17.2 Å². The molecule has 5 rings (SSSR count). The lowest BCUT2D eigenvalue weighted by atomic mass is 9.94. The lowest BCUT2D eigenvalue weighted by Gasteiger charge is -2.25. The first-order valence-corrected chi connectivity index (χ1v) is 10.3. The number of phenols is 1. The molecular formula is C27H18FNO4. The molecule has 1 saturated heterocycles. The molecule has 162 valence electrons. The predicted molar refractivity (Wildman–Crippen MR) is 123 cm³/mol. The molecule has 4 aromatic rings. The van der Waals surface area contributed by atoms with Crippen molar-refractivity contribution < 1.29 is 24.2 Å². The molecule has 0 spiro atoms. The van der Waals surface area contributed by atoms with E-state index >= 15 is 0 Å². The van der Waals surface area contributed by atoms with Crippen LogP contribution in [-0.4, -0.2) is 21.9 Å². The van der Waals surface area contributed by atoms with Crippen LogP contribution in [0, 0.1) is 5.82 Å².